The van der Waals surface area contributed by atoms with Crippen molar-refractivity contribution in [2.45, 2.75) is 63.5 Å². The van der Waals surface area contributed by atoms with Crippen LogP contribution in [0.3, 0.4) is 0 Å². The summed E-state index contributed by atoms with van der Waals surface area (Å²) in [7, 11) is 1.99. The molecule has 1 aromatic rings. The molecule has 0 saturated heterocycles. The Morgan fingerprint density at radius 2 is 1.94 bits per heavy atom. The minimum Gasteiger partial charge on any atom is -0.314 e. The van der Waals surface area contributed by atoms with Crippen molar-refractivity contribution >= 4 is 0 Å². The van der Waals surface area contributed by atoms with E-state index >= 15 is 0 Å². The molecule has 1 heterocycles. The minimum absolute atomic E-state index is 0.628. The van der Waals surface area contributed by atoms with Gasteiger partial charge in [0, 0.05) is 12.5 Å². The van der Waals surface area contributed by atoms with Crippen LogP contribution in [0, 0.1) is 0 Å². The summed E-state index contributed by atoms with van der Waals surface area (Å²) in [6.45, 7) is 0.860. The molecule has 1 aromatic heterocycles. The first-order valence-electron chi connectivity index (χ1n) is 6.98. The highest BCUT2D eigenvalue weighted by atomic mass is 15.4. The lowest BCUT2D eigenvalue weighted by atomic mass is 9.81. The van der Waals surface area contributed by atoms with Gasteiger partial charge in [-0.3, -0.25) is 0 Å². The second-order valence-corrected chi connectivity index (χ2v) is 5.46. The Balaban J connectivity index is 1.90. The monoisotopic (exact) mass is 234 g/mol. The van der Waals surface area contributed by atoms with Crippen molar-refractivity contribution < 1.29 is 0 Å². The zero-order valence-electron chi connectivity index (χ0n) is 10.7. The number of nitrogens with one attached hydrogen (secondary N) is 1. The summed E-state index contributed by atoms with van der Waals surface area (Å²) in [5, 5.41) is 12.1. The third-order valence-corrected chi connectivity index (χ3v) is 4.31. The molecule has 0 amide bonds. The topological polar surface area (TPSA) is 42.7 Å². The minimum atomic E-state index is 0.628. The molecule has 0 unspecified atom stereocenters. The largest absolute Gasteiger partial charge is 0.314 e. The molecule has 1 N–H and O–H groups in total. The zero-order chi connectivity index (χ0) is 11.7. The van der Waals surface area contributed by atoms with Gasteiger partial charge in [-0.25, -0.2) is 4.68 Å². The molecule has 2 saturated carbocycles. The summed E-state index contributed by atoms with van der Waals surface area (Å²) in [6.07, 6.45) is 9.34. The highest BCUT2D eigenvalue weighted by Gasteiger charge is 2.30. The van der Waals surface area contributed by atoms with Crippen molar-refractivity contribution in [1.29, 1.82) is 0 Å². The van der Waals surface area contributed by atoms with E-state index in [9.17, 15) is 0 Å². The first kappa shape index (κ1) is 11.2. The average Bonchev–Trinajstić information content (AvgIpc) is 2.86. The average molecular weight is 234 g/mol. The Labute approximate surface area is 103 Å². The lowest BCUT2D eigenvalue weighted by molar-refractivity contribution is 0.357. The first-order valence-corrected chi connectivity index (χ1v) is 6.98. The van der Waals surface area contributed by atoms with Crippen molar-refractivity contribution in [1.82, 2.24) is 20.3 Å². The second kappa shape index (κ2) is 4.77. The molecule has 2 aliphatic carbocycles. The molecule has 4 nitrogen and oxygen atoms in total. The van der Waals surface area contributed by atoms with Gasteiger partial charge in [-0.05, 0) is 32.7 Å². The molecule has 4 heteroatoms. The normalized spacial score (nSPS) is 21.9. The molecular weight excluding hydrogens is 212 g/mol. The van der Waals surface area contributed by atoms with Gasteiger partial charge in [0.2, 0.25) is 0 Å². The van der Waals surface area contributed by atoms with Crippen LogP contribution in [0.5, 0.6) is 0 Å². The highest BCUT2D eigenvalue weighted by Crippen LogP contribution is 2.40. The highest BCUT2D eigenvalue weighted by molar-refractivity contribution is 5.19. The number of nitrogens with zero attached hydrogens (tertiary/aromatic N) is 3. The fraction of sp³-hybridized carbons (Fsp3) is 0.846. The molecule has 0 aromatic carbocycles. The maximum Gasteiger partial charge on any atom is 0.0999 e. The van der Waals surface area contributed by atoms with Crippen LogP contribution in [-0.4, -0.2) is 22.0 Å². The molecule has 0 spiro atoms. The lowest BCUT2D eigenvalue weighted by Crippen LogP contribution is -2.20. The van der Waals surface area contributed by atoms with Gasteiger partial charge in [0.1, 0.15) is 0 Å². The van der Waals surface area contributed by atoms with Crippen LogP contribution in [0.2, 0.25) is 0 Å². The van der Waals surface area contributed by atoms with E-state index in [2.05, 4.69) is 20.3 Å². The standard InChI is InChI=1S/C13H22N4/c1-14-9-12-13(10-5-4-6-10)17(16-15-12)11-7-2-3-8-11/h10-11,14H,2-9H2,1H3. The van der Waals surface area contributed by atoms with Gasteiger partial charge in [-0.2, -0.15) is 0 Å². The third-order valence-electron chi connectivity index (χ3n) is 4.31. The Hall–Kier alpha value is -0.900. The Morgan fingerprint density at radius 3 is 2.53 bits per heavy atom. The number of hydrogen-bond donors (Lipinski definition) is 1. The van der Waals surface area contributed by atoms with Crippen molar-refractivity contribution in [3.63, 3.8) is 0 Å². The van der Waals surface area contributed by atoms with Gasteiger partial charge < -0.3 is 5.32 Å². The summed E-state index contributed by atoms with van der Waals surface area (Å²) in [6, 6.07) is 0.628. The smallest absolute Gasteiger partial charge is 0.0999 e. The number of aromatic nitrogens is 3. The molecular formula is C13H22N4. The SMILES string of the molecule is CNCc1nnn(C2CCCC2)c1C1CCC1. The van der Waals surface area contributed by atoms with E-state index < -0.39 is 0 Å². The van der Waals surface area contributed by atoms with E-state index in [1.807, 2.05) is 7.05 Å². The molecule has 0 bridgehead atoms. The van der Waals surface area contributed by atoms with Crippen molar-refractivity contribution in [3.8, 4) is 0 Å². The Bertz CT molecular complexity index is 375. The fourth-order valence-electron chi connectivity index (χ4n) is 3.15. The fourth-order valence-corrected chi connectivity index (χ4v) is 3.15. The quantitative estimate of drug-likeness (QED) is 0.869. The van der Waals surface area contributed by atoms with E-state index in [1.54, 1.807) is 0 Å². The summed E-state index contributed by atoms with van der Waals surface area (Å²) in [4.78, 5) is 0. The zero-order valence-corrected chi connectivity index (χ0v) is 10.7. The van der Waals surface area contributed by atoms with Gasteiger partial charge in [0.15, 0.2) is 0 Å². The van der Waals surface area contributed by atoms with Gasteiger partial charge in [0.25, 0.3) is 0 Å². The van der Waals surface area contributed by atoms with Gasteiger partial charge in [0.05, 0.1) is 17.4 Å². The molecule has 0 radical (unpaired) electrons. The predicted molar refractivity (Wildman–Crippen MR) is 66.9 cm³/mol. The van der Waals surface area contributed by atoms with Crippen molar-refractivity contribution in [3.05, 3.63) is 11.4 Å². The van der Waals surface area contributed by atoms with Crippen LogP contribution in [0.1, 0.15) is 68.3 Å². The van der Waals surface area contributed by atoms with E-state index in [-0.39, 0.29) is 0 Å². The van der Waals surface area contributed by atoms with Crippen LogP contribution >= 0.6 is 0 Å². The predicted octanol–water partition coefficient (Wildman–Crippen LogP) is 2.38. The second-order valence-electron chi connectivity index (χ2n) is 5.46. The molecule has 0 atom stereocenters. The van der Waals surface area contributed by atoms with E-state index in [0.717, 1.165) is 12.5 Å². The summed E-state index contributed by atoms with van der Waals surface area (Å²) in [5.41, 5.74) is 2.63. The van der Waals surface area contributed by atoms with Crippen LogP contribution in [0.4, 0.5) is 0 Å². The van der Waals surface area contributed by atoms with Crippen LogP contribution in [-0.2, 0) is 6.54 Å². The van der Waals surface area contributed by atoms with Crippen molar-refractivity contribution in [2.75, 3.05) is 7.05 Å². The van der Waals surface area contributed by atoms with Gasteiger partial charge in [-0.15, -0.1) is 5.10 Å². The van der Waals surface area contributed by atoms with Gasteiger partial charge in [-0.1, -0.05) is 24.5 Å². The Kier molecular flexibility index (Phi) is 3.14. The maximum atomic E-state index is 4.45. The number of rotatable bonds is 4. The van der Waals surface area contributed by atoms with E-state index in [1.165, 1.54) is 56.3 Å². The van der Waals surface area contributed by atoms with Gasteiger partial charge >= 0.3 is 0 Å². The van der Waals surface area contributed by atoms with Crippen LogP contribution < -0.4 is 5.32 Å². The lowest BCUT2D eigenvalue weighted by Gasteiger charge is -2.28. The molecule has 0 aliphatic heterocycles. The van der Waals surface area contributed by atoms with Crippen LogP contribution in [0.15, 0.2) is 0 Å². The van der Waals surface area contributed by atoms with E-state index in [4.69, 9.17) is 0 Å². The molecule has 3 rings (SSSR count). The van der Waals surface area contributed by atoms with Crippen molar-refractivity contribution in [2.24, 2.45) is 0 Å². The Morgan fingerprint density at radius 1 is 1.18 bits per heavy atom. The third kappa shape index (κ3) is 1.99. The van der Waals surface area contributed by atoms with E-state index in [0.29, 0.717) is 6.04 Å². The summed E-state index contributed by atoms with van der Waals surface area (Å²) < 4.78 is 2.27. The molecule has 94 valence electrons. The maximum absolute atomic E-state index is 4.45. The first-order chi connectivity index (χ1) is 8.40. The summed E-state index contributed by atoms with van der Waals surface area (Å²) in [5.74, 6) is 0.731. The molecule has 17 heavy (non-hydrogen) atoms. The molecule has 2 aliphatic rings. The number of hydrogen-bond acceptors (Lipinski definition) is 3. The summed E-state index contributed by atoms with van der Waals surface area (Å²) >= 11 is 0. The molecule has 2 fully saturated rings. The van der Waals surface area contributed by atoms with Crippen LogP contribution in [0.25, 0.3) is 0 Å².